The first-order valence-corrected chi connectivity index (χ1v) is 6.96. The molecule has 0 aromatic heterocycles. The number of rotatable bonds is 3. The lowest BCUT2D eigenvalue weighted by Gasteiger charge is -2.34. The van der Waals surface area contributed by atoms with Crippen molar-refractivity contribution in [3.63, 3.8) is 0 Å². The van der Waals surface area contributed by atoms with E-state index in [-0.39, 0.29) is 18.8 Å². The third-order valence-corrected chi connectivity index (χ3v) is 4.19. The Morgan fingerprint density at radius 1 is 1.56 bits per heavy atom. The zero-order valence-corrected chi connectivity index (χ0v) is 12.0. The van der Waals surface area contributed by atoms with Crippen LogP contribution in [-0.4, -0.2) is 37.7 Å². The zero-order valence-electron chi connectivity index (χ0n) is 11.1. The van der Waals surface area contributed by atoms with Crippen molar-refractivity contribution in [2.75, 3.05) is 6.61 Å². The summed E-state index contributed by atoms with van der Waals surface area (Å²) in [6.45, 7) is 7.38. The highest BCUT2D eigenvalue weighted by molar-refractivity contribution is 7.84. The fraction of sp³-hybridized carbons (Fsp3) is 0.667. The summed E-state index contributed by atoms with van der Waals surface area (Å²) in [6.07, 6.45) is 2.78. The van der Waals surface area contributed by atoms with E-state index >= 15 is 0 Å². The minimum Gasteiger partial charge on any atom is -0.464 e. The second-order valence-corrected chi connectivity index (χ2v) is 7.12. The molecule has 6 heteroatoms. The van der Waals surface area contributed by atoms with Gasteiger partial charge in [-0.3, -0.25) is 9.10 Å². The highest BCUT2D eigenvalue weighted by Crippen LogP contribution is 2.23. The second-order valence-electron chi connectivity index (χ2n) is 4.98. The van der Waals surface area contributed by atoms with Gasteiger partial charge in [0.15, 0.2) is 5.78 Å². The molecule has 18 heavy (non-hydrogen) atoms. The van der Waals surface area contributed by atoms with E-state index < -0.39 is 27.7 Å². The van der Waals surface area contributed by atoms with Crippen molar-refractivity contribution in [2.45, 2.75) is 44.9 Å². The van der Waals surface area contributed by atoms with Crippen molar-refractivity contribution in [1.82, 2.24) is 4.31 Å². The number of hydrogen-bond donors (Lipinski definition) is 0. The van der Waals surface area contributed by atoms with Crippen LogP contribution in [0.2, 0.25) is 0 Å². The van der Waals surface area contributed by atoms with Crippen LogP contribution < -0.4 is 0 Å². The Morgan fingerprint density at radius 2 is 2.17 bits per heavy atom. The third-order valence-electron chi connectivity index (χ3n) is 2.38. The molecule has 0 bridgehead atoms. The lowest BCUT2D eigenvalue weighted by Crippen LogP contribution is -2.47. The predicted molar refractivity (Wildman–Crippen MR) is 68.9 cm³/mol. The summed E-state index contributed by atoms with van der Waals surface area (Å²) in [5, 5.41) is 0. The molecule has 1 heterocycles. The van der Waals surface area contributed by atoms with Crippen molar-refractivity contribution in [2.24, 2.45) is 0 Å². The molecule has 0 spiro atoms. The van der Waals surface area contributed by atoms with E-state index in [9.17, 15) is 13.8 Å². The number of allylic oxidation sites excluding steroid dienone is 1. The lowest BCUT2D eigenvalue weighted by atomic mass is 10.1. The summed E-state index contributed by atoms with van der Waals surface area (Å²) in [7, 11) is -1.40. The highest BCUT2D eigenvalue weighted by atomic mass is 32.2. The van der Waals surface area contributed by atoms with E-state index in [2.05, 4.69) is 0 Å². The molecule has 0 amide bonds. The molecule has 0 aromatic carbocycles. The molecule has 0 aliphatic carbocycles. The fourth-order valence-corrected chi connectivity index (χ4v) is 2.72. The van der Waals surface area contributed by atoms with Crippen molar-refractivity contribution in [3.05, 3.63) is 12.3 Å². The van der Waals surface area contributed by atoms with E-state index in [0.29, 0.717) is 0 Å². The smallest absolute Gasteiger partial charge is 0.330 e. The molecule has 1 unspecified atom stereocenters. The normalized spacial score (nSPS) is 21.9. The van der Waals surface area contributed by atoms with E-state index in [1.165, 1.54) is 16.6 Å². The van der Waals surface area contributed by atoms with Crippen LogP contribution in [0.1, 0.15) is 34.1 Å². The zero-order chi connectivity index (χ0) is 13.9. The van der Waals surface area contributed by atoms with Gasteiger partial charge < -0.3 is 4.74 Å². The second kappa shape index (κ2) is 5.65. The van der Waals surface area contributed by atoms with Gasteiger partial charge >= 0.3 is 5.97 Å². The van der Waals surface area contributed by atoms with Crippen LogP contribution in [0.25, 0.3) is 0 Å². The molecular weight excluding hydrogens is 254 g/mol. The van der Waals surface area contributed by atoms with Crippen LogP contribution in [-0.2, 0) is 25.3 Å². The number of hydrogen-bond acceptors (Lipinski definition) is 4. The van der Waals surface area contributed by atoms with Gasteiger partial charge in [0.1, 0.15) is 17.0 Å². The third kappa shape index (κ3) is 3.41. The summed E-state index contributed by atoms with van der Waals surface area (Å²) in [5.41, 5.74) is 0. The Balaban J connectivity index is 2.98. The van der Waals surface area contributed by atoms with Crippen molar-refractivity contribution >= 4 is 22.7 Å². The largest absolute Gasteiger partial charge is 0.464 e. The van der Waals surface area contributed by atoms with Gasteiger partial charge in [0, 0.05) is 12.6 Å². The number of ketones is 1. The van der Waals surface area contributed by atoms with Gasteiger partial charge in [-0.25, -0.2) is 9.00 Å². The molecular formula is C12H19NO4S. The van der Waals surface area contributed by atoms with Crippen LogP contribution in [0.3, 0.4) is 0 Å². The number of carbonyl (C=O) groups is 2. The van der Waals surface area contributed by atoms with Crippen molar-refractivity contribution in [3.8, 4) is 0 Å². The monoisotopic (exact) mass is 273 g/mol. The van der Waals surface area contributed by atoms with Crippen molar-refractivity contribution < 1.29 is 18.5 Å². The summed E-state index contributed by atoms with van der Waals surface area (Å²) in [6, 6.07) is -0.789. The summed E-state index contributed by atoms with van der Waals surface area (Å²) in [5.74, 6) is -0.664. The molecule has 0 saturated heterocycles. The molecule has 0 fully saturated rings. The van der Waals surface area contributed by atoms with Crippen LogP contribution in [0, 0.1) is 0 Å². The SMILES string of the molecule is CCOC(=O)[C@H]1CC(=O)C=CN1S(=O)C(C)(C)C. The maximum atomic E-state index is 12.3. The van der Waals surface area contributed by atoms with E-state index in [0.717, 1.165) is 0 Å². The van der Waals surface area contributed by atoms with Gasteiger partial charge in [0.25, 0.3) is 0 Å². The molecule has 1 aliphatic heterocycles. The first-order valence-electron chi connectivity index (χ1n) is 5.85. The molecule has 1 aliphatic rings. The molecule has 0 radical (unpaired) electrons. The number of nitrogens with zero attached hydrogens (tertiary/aromatic N) is 1. The quantitative estimate of drug-likeness (QED) is 0.724. The van der Waals surface area contributed by atoms with Gasteiger partial charge in [-0.15, -0.1) is 0 Å². The van der Waals surface area contributed by atoms with Crippen LogP contribution in [0.5, 0.6) is 0 Å². The Labute approximate surface area is 110 Å². The number of carbonyl (C=O) groups excluding carboxylic acids is 2. The molecule has 0 saturated carbocycles. The molecule has 5 nitrogen and oxygen atoms in total. The Kier molecular flexibility index (Phi) is 4.67. The maximum Gasteiger partial charge on any atom is 0.330 e. The van der Waals surface area contributed by atoms with Crippen LogP contribution in [0.15, 0.2) is 12.3 Å². The maximum absolute atomic E-state index is 12.3. The fourth-order valence-electron chi connectivity index (χ4n) is 1.52. The number of esters is 1. The molecule has 1 rings (SSSR count). The summed E-state index contributed by atoms with van der Waals surface area (Å²) in [4.78, 5) is 23.2. The van der Waals surface area contributed by atoms with Crippen LogP contribution >= 0.6 is 0 Å². The Hall–Kier alpha value is -1.17. The number of ether oxygens (including phenoxy) is 1. The molecule has 2 atom stereocenters. The minimum atomic E-state index is -1.40. The summed E-state index contributed by atoms with van der Waals surface area (Å²) >= 11 is 0. The van der Waals surface area contributed by atoms with Gasteiger partial charge in [-0.05, 0) is 33.8 Å². The highest BCUT2D eigenvalue weighted by Gasteiger charge is 2.37. The van der Waals surface area contributed by atoms with Gasteiger partial charge in [-0.2, -0.15) is 0 Å². The summed E-state index contributed by atoms with van der Waals surface area (Å²) < 4.78 is 18.1. The average Bonchev–Trinajstić information content (AvgIpc) is 2.27. The first kappa shape index (κ1) is 14.9. The molecule has 0 aromatic rings. The van der Waals surface area contributed by atoms with E-state index in [1.54, 1.807) is 6.92 Å². The first-order chi connectivity index (χ1) is 8.27. The average molecular weight is 273 g/mol. The standard InChI is InChI=1S/C12H19NO4S/c1-5-17-11(15)10-8-9(14)6-7-13(10)18(16)12(2,3)4/h6-7,10H,5,8H2,1-4H3/t10-,18?/m1/s1. The van der Waals surface area contributed by atoms with E-state index in [4.69, 9.17) is 4.74 Å². The Morgan fingerprint density at radius 3 is 2.67 bits per heavy atom. The topological polar surface area (TPSA) is 63.7 Å². The van der Waals surface area contributed by atoms with E-state index in [1.807, 2.05) is 20.8 Å². The molecule has 0 N–H and O–H groups in total. The Bertz CT molecular complexity index is 397. The lowest BCUT2D eigenvalue weighted by molar-refractivity contribution is -0.148. The van der Waals surface area contributed by atoms with Crippen LogP contribution in [0.4, 0.5) is 0 Å². The minimum absolute atomic E-state index is 0.0111. The van der Waals surface area contributed by atoms with Gasteiger partial charge in [-0.1, -0.05) is 0 Å². The van der Waals surface area contributed by atoms with Gasteiger partial charge in [0.05, 0.1) is 11.4 Å². The van der Waals surface area contributed by atoms with Gasteiger partial charge in [0.2, 0.25) is 0 Å². The van der Waals surface area contributed by atoms with Crippen molar-refractivity contribution in [1.29, 1.82) is 0 Å². The molecule has 102 valence electrons. The predicted octanol–water partition coefficient (Wildman–Crippen LogP) is 1.17.